The number of esters is 1. The quantitative estimate of drug-likeness (QED) is 0.250. The zero-order valence-electron chi connectivity index (χ0n) is 17.2. The molecule has 0 aromatic heterocycles. The van der Waals surface area contributed by atoms with E-state index in [0.717, 1.165) is 43.0 Å². The normalized spacial score (nSPS) is 16.6. The van der Waals surface area contributed by atoms with E-state index in [-0.39, 0.29) is 17.6 Å². The predicted octanol–water partition coefficient (Wildman–Crippen LogP) is 5.38. The highest BCUT2D eigenvalue weighted by Gasteiger charge is 2.31. The highest BCUT2D eigenvalue weighted by atomic mass is 16.6. The molecule has 0 saturated heterocycles. The zero-order chi connectivity index (χ0) is 21.9. The largest absolute Gasteiger partial charge is 0.462 e. The molecule has 0 radical (unpaired) electrons. The van der Waals surface area contributed by atoms with Gasteiger partial charge in [0.1, 0.15) is 0 Å². The first-order valence-electron chi connectivity index (χ1n) is 9.36. The van der Waals surface area contributed by atoms with E-state index in [1.807, 2.05) is 20.8 Å². The van der Waals surface area contributed by atoms with Crippen LogP contribution >= 0.6 is 0 Å². The minimum Gasteiger partial charge on any atom is -0.462 e. The topological polar surface area (TPSA) is 113 Å². The Bertz CT molecular complexity index is 868. The summed E-state index contributed by atoms with van der Waals surface area (Å²) in [5, 5.41) is 22.0. The first-order valence-corrected chi connectivity index (χ1v) is 9.36. The maximum atomic E-state index is 12.4. The van der Waals surface area contributed by atoms with Crippen LogP contribution in [0.15, 0.2) is 41.5 Å². The fourth-order valence-corrected chi connectivity index (χ4v) is 3.65. The van der Waals surface area contributed by atoms with Gasteiger partial charge in [-0.05, 0) is 33.1 Å². The highest BCUT2D eigenvalue weighted by molar-refractivity contribution is 5.91. The number of nitro groups is 2. The summed E-state index contributed by atoms with van der Waals surface area (Å²) < 4.78 is 5.37. The van der Waals surface area contributed by atoms with Gasteiger partial charge >= 0.3 is 5.97 Å². The van der Waals surface area contributed by atoms with E-state index in [4.69, 9.17) is 4.74 Å². The molecule has 1 unspecified atom stereocenters. The maximum absolute atomic E-state index is 12.4. The molecule has 156 valence electrons. The lowest BCUT2D eigenvalue weighted by atomic mass is 9.80. The minimum atomic E-state index is -0.821. The third kappa shape index (κ3) is 5.49. The van der Waals surface area contributed by atoms with Crippen molar-refractivity contribution in [3.8, 4) is 0 Å². The van der Waals surface area contributed by atoms with Gasteiger partial charge in [-0.2, -0.15) is 0 Å². The molecular formula is C21H26N2O6. The lowest BCUT2D eigenvalue weighted by molar-refractivity contribution is -0.394. The monoisotopic (exact) mass is 402 g/mol. The van der Waals surface area contributed by atoms with E-state index < -0.39 is 27.2 Å². The van der Waals surface area contributed by atoms with E-state index in [0.29, 0.717) is 5.92 Å². The fraction of sp³-hybridized carbons (Fsp3) is 0.476. The lowest BCUT2D eigenvalue weighted by Crippen LogP contribution is -2.24. The van der Waals surface area contributed by atoms with Crippen LogP contribution < -0.4 is 0 Å². The van der Waals surface area contributed by atoms with Crippen LogP contribution in [0, 0.1) is 31.6 Å². The molecule has 0 heterocycles. The van der Waals surface area contributed by atoms with Crippen LogP contribution in [0.5, 0.6) is 0 Å². The second-order valence-corrected chi connectivity index (χ2v) is 8.41. The number of nitrogens with zero attached hydrogens (tertiary/aromatic N) is 2. The van der Waals surface area contributed by atoms with Crippen molar-refractivity contribution >= 4 is 17.3 Å². The molecule has 0 N–H and O–H groups in total. The molecule has 0 aliphatic heterocycles. The number of hydrogen-bond donors (Lipinski definition) is 0. The Labute approximate surface area is 169 Å². The van der Waals surface area contributed by atoms with Crippen LogP contribution in [0.1, 0.15) is 57.3 Å². The van der Waals surface area contributed by atoms with Crippen LogP contribution in [-0.4, -0.2) is 22.4 Å². The number of ether oxygens (including phenoxy) is 1. The van der Waals surface area contributed by atoms with E-state index in [1.54, 1.807) is 0 Å². The van der Waals surface area contributed by atoms with Gasteiger partial charge in [-0.1, -0.05) is 37.1 Å². The van der Waals surface area contributed by atoms with E-state index in [1.165, 1.54) is 11.1 Å². The van der Waals surface area contributed by atoms with Crippen molar-refractivity contribution in [3.05, 3.63) is 67.3 Å². The fourth-order valence-electron chi connectivity index (χ4n) is 3.65. The third-order valence-electron chi connectivity index (χ3n) is 5.19. The molecule has 2 rings (SSSR count). The molecule has 1 aromatic rings. The molecule has 1 aliphatic carbocycles. The first kappa shape index (κ1) is 22.3. The Kier molecular flexibility index (Phi) is 6.56. The minimum absolute atomic E-state index is 0.0853. The van der Waals surface area contributed by atoms with E-state index in [9.17, 15) is 25.0 Å². The average Bonchev–Trinajstić information content (AvgIpc) is 2.99. The number of carbonyl (C=O) groups excluding carboxylic acids is 1. The summed E-state index contributed by atoms with van der Waals surface area (Å²) in [4.78, 5) is 32.9. The third-order valence-corrected chi connectivity index (χ3v) is 5.19. The molecule has 0 spiro atoms. The molecule has 1 aliphatic rings. The first-order chi connectivity index (χ1) is 13.4. The van der Waals surface area contributed by atoms with Crippen LogP contribution in [0.4, 0.5) is 11.4 Å². The van der Waals surface area contributed by atoms with Gasteiger partial charge in [0.25, 0.3) is 11.4 Å². The van der Waals surface area contributed by atoms with Crippen molar-refractivity contribution < 1.29 is 19.4 Å². The molecular weight excluding hydrogens is 376 g/mol. The SMILES string of the molecule is C=C(C)C1CCC(C)=C1CC(C)(C)COC(=O)c1cc([N+](=O)[O-])cc([N+](=O)[O-])c1. The van der Waals surface area contributed by atoms with Gasteiger partial charge in [0.15, 0.2) is 0 Å². The van der Waals surface area contributed by atoms with Crippen LogP contribution in [0.2, 0.25) is 0 Å². The van der Waals surface area contributed by atoms with Crippen molar-refractivity contribution in [2.75, 3.05) is 6.61 Å². The number of nitro benzene ring substituents is 2. The molecule has 0 fully saturated rings. The van der Waals surface area contributed by atoms with Crippen molar-refractivity contribution in [2.45, 2.75) is 47.0 Å². The summed E-state index contributed by atoms with van der Waals surface area (Å²) in [6.07, 6.45) is 2.81. The highest BCUT2D eigenvalue weighted by Crippen LogP contribution is 2.42. The maximum Gasteiger partial charge on any atom is 0.338 e. The number of non-ortho nitro benzene ring substituents is 2. The Morgan fingerprint density at radius 3 is 2.24 bits per heavy atom. The van der Waals surface area contributed by atoms with E-state index in [2.05, 4.69) is 13.5 Å². The molecule has 0 bridgehead atoms. The molecule has 8 heteroatoms. The Morgan fingerprint density at radius 2 is 1.76 bits per heavy atom. The van der Waals surface area contributed by atoms with Gasteiger partial charge in [-0.3, -0.25) is 20.2 Å². The van der Waals surface area contributed by atoms with Crippen molar-refractivity contribution in [2.24, 2.45) is 11.3 Å². The predicted molar refractivity (Wildman–Crippen MR) is 109 cm³/mol. The Hall–Kier alpha value is -3.03. The average molecular weight is 402 g/mol. The molecule has 8 nitrogen and oxygen atoms in total. The smallest absolute Gasteiger partial charge is 0.338 e. The molecule has 0 amide bonds. The Balaban J connectivity index is 2.13. The van der Waals surface area contributed by atoms with Crippen molar-refractivity contribution in [3.63, 3.8) is 0 Å². The molecule has 0 saturated carbocycles. The summed E-state index contributed by atoms with van der Waals surface area (Å²) in [6.45, 7) is 12.3. The summed E-state index contributed by atoms with van der Waals surface area (Å²) in [7, 11) is 0. The summed E-state index contributed by atoms with van der Waals surface area (Å²) in [5.74, 6) is -0.483. The lowest BCUT2D eigenvalue weighted by Gasteiger charge is -2.28. The molecule has 29 heavy (non-hydrogen) atoms. The number of allylic oxidation sites excluding steroid dienone is 3. The number of benzene rings is 1. The van der Waals surface area contributed by atoms with Gasteiger partial charge in [-0.25, -0.2) is 4.79 Å². The van der Waals surface area contributed by atoms with Crippen LogP contribution in [0.25, 0.3) is 0 Å². The van der Waals surface area contributed by atoms with Gasteiger partial charge in [0.2, 0.25) is 0 Å². The van der Waals surface area contributed by atoms with Crippen LogP contribution in [0.3, 0.4) is 0 Å². The second kappa shape index (κ2) is 8.55. The van der Waals surface area contributed by atoms with Gasteiger partial charge < -0.3 is 4.74 Å². The van der Waals surface area contributed by atoms with Crippen LogP contribution in [-0.2, 0) is 4.74 Å². The summed E-state index contributed by atoms with van der Waals surface area (Å²) >= 11 is 0. The van der Waals surface area contributed by atoms with Crippen molar-refractivity contribution in [1.29, 1.82) is 0 Å². The standard InChI is InChI=1S/C21H26N2O6/c1-13(2)18-7-6-14(3)19(18)11-21(4,5)12-29-20(24)15-8-16(22(25)26)10-17(9-15)23(27)28/h8-10,18H,1,6-7,11-12H2,2-5H3. The molecule has 1 aromatic carbocycles. The van der Waals surface area contributed by atoms with Gasteiger partial charge in [0, 0.05) is 23.5 Å². The van der Waals surface area contributed by atoms with Crippen molar-refractivity contribution in [1.82, 2.24) is 0 Å². The number of rotatable bonds is 8. The Morgan fingerprint density at radius 1 is 1.21 bits per heavy atom. The number of hydrogen-bond acceptors (Lipinski definition) is 6. The van der Waals surface area contributed by atoms with Gasteiger partial charge in [-0.15, -0.1) is 0 Å². The van der Waals surface area contributed by atoms with E-state index >= 15 is 0 Å². The number of carbonyl (C=O) groups is 1. The van der Waals surface area contributed by atoms with Gasteiger partial charge in [0.05, 0.1) is 28.1 Å². The second-order valence-electron chi connectivity index (χ2n) is 8.41. The zero-order valence-corrected chi connectivity index (χ0v) is 17.2. The summed E-state index contributed by atoms with van der Waals surface area (Å²) in [5.41, 5.74) is 2.15. The molecule has 1 atom stereocenters. The summed E-state index contributed by atoms with van der Waals surface area (Å²) in [6, 6.07) is 2.79.